The Morgan fingerprint density at radius 2 is 1.28 bits per heavy atom. The molecule has 0 aromatic carbocycles. The summed E-state index contributed by atoms with van der Waals surface area (Å²) in [5.74, 6) is -0.743. The van der Waals surface area contributed by atoms with Gasteiger partial charge in [-0.1, -0.05) is 70.8 Å². The third kappa shape index (κ3) is 16.4. The monoisotopic (exact) mass is 374 g/mol. The van der Waals surface area contributed by atoms with Crippen LogP contribution in [0.1, 0.15) is 103 Å². The van der Waals surface area contributed by atoms with Crippen molar-refractivity contribution < 1.29 is 18.3 Å². The summed E-state index contributed by atoms with van der Waals surface area (Å²) in [6, 6.07) is 0. The number of carbonyl (C=O) groups is 1. The van der Waals surface area contributed by atoms with Crippen molar-refractivity contribution >= 4 is 15.8 Å². The van der Waals surface area contributed by atoms with Crippen LogP contribution in [0.25, 0.3) is 0 Å². The molecule has 0 rings (SSSR count). The van der Waals surface area contributed by atoms with Crippen molar-refractivity contribution in [3.63, 3.8) is 0 Å². The van der Waals surface area contributed by atoms with Gasteiger partial charge in [0.05, 0.1) is 0 Å². The lowest BCUT2D eigenvalue weighted by Crippen LogP contribution is -2.01. The molecule has 0 aliphatic carbocycles. The molecule has 0 fully saturated rings. The first-order valence-electron chi connectivity index (χ1n) is 9.98. The Kier molecular flexibility index (Phi) is 14.9. The van der Waals surface area contributed by atoms with Crippen LogP contribution in [0.15, 0.2) is 11.0 Å². The maximum atomic E-state index is 11.9. The second-order valence-electron chi connectivity index (χ2n) is 7.01. The number of allylic oxidation sites excluding steroid dienone is 2. The molecule has 0 atom stereocenters. The number of hydrogen-bond acceptors (Lipinski definition) is 3. The molecule has 5 heteroatoms. The standard InChI is InChI=1S/C20H38O4S/c1-3-4-5-6-7-8-10-13-16-19(25(2,23)24)17-14-11-9-12-15-18-20(21)22/h16H,3-15,17-18H2,1-2H3,(H,21,22)/b19-16+. The van der Waals surface area contributed by atoms with Gasteiger partial charge in [0.1, 0.15) is 0 Å². The molecule has 25 heavy (non-hydrogen) atoms. The number of rotatable bonds is 17. The minimum Gasteiger partial charge on any atom is -0.481 e. The average molecular weight is 375 g/mol. The van der Waals surface area contributed by atoms with Gasteiger partial charge >= 0.3 is 5.97 Å². The summed E-state index contributed by atoms with van der Waals surface area (Å²) in [4.78, 5) is 11.0. The molecule has 148 valence electrons. The fraction of sp³-hybridized carbons (Fsp3) is 0.850. The molecule has 0 aromatic heterocycles. The van der Waals surface area contributed by atoms with Crippen molar-refractivity contribution in [1.29, 1.82) is 0 Å². The third-order valence-electron chi connectivity index (χ3n) is 4.47. The summed E-state index contributed by atoms with van der Waals surface area (Å²) >= 11 is 0. The van der Waals surface area contributed by atoms with Crippen LogP contribution < -0.4 is 0 Å². The topological polar surface area (TPSA) is 71.4 Å². The van der Waals surface area contributed by atoms with E-state index >= 15 is 0 Å². The molecule has 0 aliphatic heterocycles. The number of sulfone groups is 1. The minimum absolute atomic E-state index is 0.229. The van der Waals surface area contributed by atoms with Crippen LogP contribution >= 0.6 is 0 Å². The molecule has 0 aromatic rings. The first-order chi connectivity index (χ1) is 11.9. The minimum atomic E-state index is -3.09. The van der Waals surface area contributed by atoms with E-state index in [9.17, 15) is 13.2 Å². The SMILES string of the molecule is CCCCCCCCC/C=C(\CCCCCCCC(=O)O)S(C)(=O)=O. The summed E-state index contributed by atoms with van der Waals surface area (Å²) in [6.07, 6.45) is 18.0. The lowest BCUT2D eigenvalue weighted by molar-refractivity contribution is -0.137. The number of hydrogen-bond donors (Lipinski definition) is 1. The van der Waals surface area contributed by atoms with E-state index in [4.69, 9.17) is 5.11 Å². The van der Waals surface area contributed by atoms with Gasteiger partial charge in [0.2, 0.25) is 0 Å². The summed E-state index contributed by atoms with van der Waals surface area (Å²) in [6.45, 7) is 2.22. The molecule has 0 radical (unpaired) electrons. The summed E-state index contributed by atoms with van der Waals surface area (Å²) in [7, 11) is -3.09. The molecule has 0 saturated carbocycles. The normalized spacial score (nSPS) is 12.5. The number of carboxylic acid groups (broad SMARTS) is 1. The van der Waals surface area contributed by atoms with E-state index in [0.717, 1.165) is 38.5 Å². The first-order valence-corrected chi connectivity index (χ1v) is 11.9. The molecule has 0 spiro atoms. The molecule has 1 N–H and O–H groups in total. The zero-order chi connectivity index (χ0) is 19.0. The van der Waals surface area contributed by atoms with Crippen molar-refractivity contribution in [2.24, 2.45) is 0 Å². The summed E-state index contributed by atoms with van der Waals surface area (Å²) < 4.78 is 23.8. The maximum Gasteiger partial charge on any atom is 0.303 e. The summed E-state index contributed by atoms with van der Waals surface area (Å²) in [5, 5.41) is 8.58. The zero-order valence-corrected chi connectivity index (χ0v) is 17.1. The lowest BCUT2D eigenvalue weighted by Gasteiger charge is -2.06. The Bertz CT molecular complexity index is 466. The second-order valence-corrected chi connectivity index (χ2v) is 9.08. The van der Waals surface area contributed by atoms with Crippen molar-refractivity contribution in [2.45, 2.75) is 103 Å². The highest BCUT2D eigenvalue weighted by atomic mass is 32.2. The third-order valence-corrected chi connectivity index (χ3v) is 5.79. The first kappa shape index (κ1) is 24.2. The molecule has 0 amide bonds. The Morgan fingerprint density at radius 3 is 1.80 bits per heavy atom. The van der Waals surface area contributed by atoms with E-state index in [1.54, 1.807) is 0 Å². The zero-order valence-electron chi connectivity index (χ0n) is 16.3. The molecule has 0 saturated heterocycles. The molecule has 0 unspecified atom stereocenters. The maximum absolute atomic E-state index is 11.9. The van der Waals surface area contributed by atoms with E-state index in [-0.39, 0.29) is 6.42 Å². The van der Waals surface area contributed by atoms with Gasteiger partial charge in [0, 0.05) is 17.6 Å². The Hall–Kier alpha value is -0.840. The molecular weight excluding hydrogens is 336 g/mol. The van der Waals surface area contributed by atoms with E-state index in [1.807, 2.05) is 6.08 Å². The Labute approximate surface area is 155 Å². The quantitative estimate of drug-likeness (QED) is 0.323. The predicted octanol–water partition coefficient (Wildman–Crippen LogP) is 5.87. The highest BCUT2D eigenvalue weighted by molar-refractivity contribution is 7.94. The van der Waals surface area contributed by atoms with Gasteiger partial charge in [0.15, 0.2) is 9.84 Å². The van der Waals surface area contributed by atoms with Crippen molar-refractivity contribution in [1.82, 2.24) is 0 Å². The molecule has 0 bridgehead atoms. The van der Waals surface area contributed by atoms with Crippen molar-refractivity contribution in [3.05, 3.63) is 11.0 Å². The van der Waals surface area contributed by atoms with Gasteiger partial charge in [-0.25, -0.2) is 8.42 Å². The molecule has 4 nitrogen and oxygen atoms in total. The molecule has 0 aliphatic rings. The summed E-state index contributed by atoms with van der Waals surface area (Å²) in [5.41, 5.74) is 0. The van der Waals surface area contributed by atoms with Gasteiger partial charge in [-0.05, 0) is 32.1 Å². The smallest absolute Gasteiger partial charge is 0.303 e. The van der Waals surface area contributed by atoms with Crippen molar-refractivity contribution in [2.75, 3.05) is 6.26 Å². The van der Waals surface area contributed by atoms with Gasteiger partial charge < -0.3 is 5.11 Å². The fourth-order valence-corrected chi connectivity index (χ4v) is 3.84. The van der Waals surface area contributed by atoms with Gasteiger partial charge in [-0.15, -0.1) is 0 Å². The van der Waals surface area contributed by atoms with Gasteiger partial charge in [-0.3, -0.25) is 4.79 Å². The second kappa shape index (κ2) is 15.4. The van der Waals surface area contributed by atoms with Crippen LogP contribution in [0.3, 0.4) is 0 Å². The van der Waals surface area contributed by atoms with Crippen LogP contribution in [-0.2, 0) is 14.6 Å². The van der Waals surface area contributed by atoms with E-state index in [0.29, 0.717) is 17.7 Å². The van der Waals surface area contributed by atoms with Crippen LogP contribution in [0.4, 0.5) is 0 Å². The van der Waals surface area contributed by atoms with Gasteiger partial charge in [0.25, 0.3) is 0 Å². The van der Waals surface area contributed by atoms with Crippen molar-refractivity contribution in [3.8, 4) is 0 Å². The van der Waals surface area contributed by atoms with Crippen LogP contribution in [0, 0.1) is 0 Å². The number of carboxylic acids is 1. The largest absolute Gasteiger partial charge is 0.481 e. The van der Waals surface area contributed by atoms with Crippen LogP contribution in [0.2, 0.25) is 0 Å². The van der Waals surface area contributed by atoms with E-state index in [2.05, 4.69) is 6.92 Å². The predicted molar refractivity (Wildman–Crippen MR) is 105 cm³/mol. The fourth-order valence-electron chi connectivity index (χ4n) is 2.91. The highest BCUT2D eigenvalue weighted by Crippen LogP contribution is 2.18. The average Bonchev–Trinajstić information content (AvgIpc) is 2.53. The Morgan fingerprint density at radius 1 is 0.800 bits per heavy atom. The van der Waals surface area contributed by atoms with E-state index in [1.165, 1.54) is 44.8 Å². The van der Waals surface area contributed by atoms with E-state index < -0.39 is 15.8 Å². The number of aliphatic carboxylic acids is 1. The molecular formula is C20H38O4S. The number of unbranched alkanes of at least 4 members (excludes halogenated alkanes) is 11. The van der Waals surface area contributed by atoms with Gasteiger partial charge in [-0.2, -0.15) is 0 Å². The lowest BCUT2D eigenvalue weighted by atomic mass is 10.1. The highest BCUT2D eigenvalue weighted by Gasteiger charge is 2.10. The van der Waals surface area contributed by atoms with Crippen LogP contribution in [0.5, 0.6) is 0 Å². The molecule has 0 heterocycles. The Balaban J connectivity index is 3.91. The van der Waals surface area contributed by atoms with Crippen LogP contribution in [-0.4, -0.2) is 25.7 Å².